The first-order valence-corrected chi connectivity index (χ1v) is 19.6. The normalized spacial score (nSPS) is 18.5. The lowest BCUT2D eigenvalue weighted by atomic mass is 9.81. The number of hydrogen-bond acceptors (Lipinski definition) is 9. The van der Waals surface area contributed by atoms with Gasteiger partial charge in [0.15, 0.2) is 0 Å². The second-order valence-corrected chi connectivity index (χ2v) is 16.1. The summed E-state index contributed by atoms with van der Waals surface area (Å²) in [5.41, 5.74) is 4.77. The molecular weight excluding hydrogens is 743 g/mol. The van der Waals surface area contributed by atoms with Crippen LogP contribution in [0.25, 0.3) is 22.5 Å². The molecule has 306 valence electrons. The van der Waals surface area contributed by atoms with Gasteiger partial charge in [0.1, 0.15) is 11.6 Å². The number of nitrogens with zero attached hydrogens (tertiary/aromatic N) is 4. The summed E-state index contributed by atoms with van der Waals surface area (Å²) in [4.78, 5) is 65.2. The maximum atomic E-state index is 13.8. The van der Waals surface area contributed by atoms with Gasteiger partial charge in [-0.1, -0.05) is 30.3 Å². The zero-order valence-corrected chi connectivity index (χ0v) is 33.2. The molecule has 58 heavy (non-hydrogen) atoms. The third kappa shape index (κ3) is 11.2. The Morgan fingerprint density at radius 1 is 0.931 bits per heavy atom. The molecule has 1 saturated heterocycles. The van der Waals surface area contributed by atoms with Crippen LogP contribution < -0.4 is 21.3 Å². The Morgan fingerprint density at radius 2 is 1.64 bits per heavy atom. The number of ether oxygens (including phenoxy) is 1. The van der Waals surface area contributed by atoms with Crippen molar-refractivity contribution in [2.24, 2.45) is 11.8 Å². The summed E-state index contributed by atoms with van der Waals surface area (Å²) < 4.78 is 5.35. The minimum Gasteiger partial charge on any atom is -0.465 e. The van der Waals surface area contributed by atoms with Crippen LogP contribution in [-0.2, 0) is 20.7 Å². The molecule has 3 aromatic carbocycles. The molecule has 2 heterocycles. The van der Waals surface area contributed by atoms with Crippen molar-refractivity contribution in [1.82, 2.24) is 41.5 Å². The van der Waals surface area contributed by atoms with Crippen LogP contribution in [0.1, 0.15) is 74.4 Å². The summed E-state index contributed by atoms with van der Waals surface area (Å²) in [5.74, 6) is -0.415. The lowest BCUT2D eigenvalue weighted by Crippen LogP contribution is -2.48. The van der Waals surface area contributed by atoms with Crippen LogP contribution in [0.5, 0.6) is 0 Å². The van der Waals surface area contributed by atoms with E-state index in [9.17, 15) is 29.1 Å². The SMILES string of the molecule is Cc1cc(C(=O)N[C@@H]2CCN(C(=O)O)C2)ccc1-c1ccc(C[C@H](NC(=O)[C@H]2CC[C@H](CNC(=O)OC(C)(C)C)CC2)C(=O)Nc2ccc(-c3nn[nH]n3)cc2)cc1. The number of nitrogens with one attached hydrogen (secondary N) is 5. The number of H-pyrrole nitrogens is 1. The van der Waals surface area contributed by atoms with Crippen LogP contribution in [0.15, 0.2) is 66.7 Å². The van der Waals surface area contributed by atoms with Crippen molar-refractivity contribution in [3.8, 4) is 22.5 Å². The molecule has 1 aromatic heterocycles. The molecule has 5 amide bonds. The smallest absolute Gasteiger partial charge is 0.407 e. The number of benzene rings is 3. The average molecular weight is 794 g/mol. The highest BCUT2D eigenvalue weighted by Gasteiger charge is 2.31. The Morgan fingerprint density at radius 3 is 2.26 bits per heavy atom. The summed E-state index contributed by atoms with van der Waals surface area (Å²) in [6, 6.07) is 19.1. The van der Waals surface area contributed by atoms with Crippen molar-refractivity contribution in [3.63, 3.8) is 0 Å². The van der Waals surface area contributed by atoms with E-state index in [2.05, 4.69) is 41.9 Å². The number of tetrazole rings is 1. The minimum atomic E-state index is -0.989. The third-order valence-electron chi connectivity index (χ3n) is 10.5. The lowest BCUT2D eigenvalue weighted by molar-refractivity contribution is -0.130. The molecule has 2 aliphatic rings. The number of anilines is 1. The molecule has 0 bridgehead atoms. The number of aromatic nitrogens is 4. The zero-order chi connectivity index (χ0) is 41.4. The molecule has 0 spiro atoms. The highest BCUT2D eigenvalue weighted by atomic mass is 16.6. The fourth-order valence-corrected chi connectivity index (χ4v) is 7.39. The molecule has 16 nitrogen and oxygen atoms in total. The fraction of sp³-hybridized carbons (Fsp3) is 0.429. The number of likely N-dealkylation sites (tertiary alicyclic amines) is 1. The third-order valence-corrected chi connectivity index (χ3v) is 10.5. The highest BCUT2D eigenvalue weighted by Crippen LogP contribution is 2.30. The van der Waals surface area contributed by atoms with E-state index < -0.39 is 23.8 Å². The van der Waals surface area contributed by atoms with Crippen LogP contribution in [0.4, 0.5) is 15.3 Å². The van der Waals surface area contributed by atoms with Crippen molar-refractivity contribution < 1.29 is 33.8 Å². The Kier molecular flexibility index (Phi) is 13.0. The molecule has 4 aromatic rings. The topological polar surface area (TPSA) is 221 Å². The van der Waals surface area contributed by atoms with E-state index in [4.69, 9.17) is 4.74 Å². The molecule has 0 radical (unpaired) electrons. The maximum absolute atomic E-state index is 13.8. The van der Waals surface area contributed by atoms with Gasteiger partial charge in [-0.05, 0) is 130 Å². The average Bonchev–Trinajstić information content (AvgIpc) is 3.91. The number of carbonyl (C=O) groups is 5. The lowest BCUT2D eigenvalue weighted by Gasteiger charge is -2.29. The van der Waals surface area contributed by atoms with E-state index in [1.807, 2.05) is 64.1 Å². The van der Waals surface area contributed by atoms with Crippen LogP contribution >= 0.6 is 0 Å². The van der Waals surface area contributed by atoms with Gasteiger partial charge in [0.05, 0.1) is 0 Å². The molecule has 2 atom stereocenters. The summed E-state index contributed by atoms with van der Waals surface area (Å²) in [7, 11) is 0. The molecule has 16 heteroatoms. The molecule has 2 fully saturated rings. The van der Waals surface area contributed by atoms with E-state index in [1.54, 1.807) is 30.3 Å². The molecule has 1 aliphatic carbocycles. The summed E-state index contributed by atoms with van der Waals surface area (Å²) in [6.07, 6.45) is 2.16. The molecule has 1 saturated carbocycles. The van der Waals surface area contributed by atoms with Gasteiger partial charge >= 0.3 is 12.2 Å². The highest BCUT2D eigenvalue weighted by molar-refractivity contribution is 5.98. The van der Waals surface area contributed by atoms with Gasteiger partial charge in [-0.15, -0.1) is 10.2 Å². The van der Waals surface area contributed by atoms with Gasteiger partial charge < -0.3 is 36.0 Å². The standard InChI is InChI=1S/C42H51N9O7/c1-25-21-31(38(53)45-33-19-20-51(24-33)41(56)57)15-18-34(25)28-9-5-26(6-10-28)22-35(39(54)44-32-16-13-29(14-17-32)36-47-49-50-48-36)46-37(52)30-11-7-27(8-12-30)23-43-40(55)58-42(2,3)4/h5-6,9-10,13-18,21,27,30,33,35H,7-8,11-12,19-20,22-24H2,1-4H3,(H,43,55)(H,44,54)(H,45,53)(H,46,52)(H,56,57)(H,47,48,49,50)/t27-,30-,33-,35+/m1/s1. The van der Waals surface area contributed by atoms with E-state index in [1.165, 1.54) is 4.90 Å². The Hall–Kier alpha value is -6.32. The van der Waals surface area contributed by atoms with Crippen molar-refractivity contribution in [1.29, 1.82) is 0 Å². The van der Waals surface area contributed by atoms with Gasteiger partial charge in [0, 0.05) is 54.8 Å². The molecule has 6 rings (SSSR count). The molecular formula is C42H51N9O7. The number of aromatic amines is 1. The number of alkyl carbamates (subject to hydrolysis) is 1. The zero-order valence-electron chi connectivity index (χ0n) is 33.2. The number of hydrogen-bond donors (Lipinski definition) is 6. The van der Waals surface area contributed by atoms with Crippen LogP contribution in [-0.4, -0.2) is 97.9 Å². The number of carbonyl (C=O) groups excluding carboxylic acids is 4. The fourth-order valence-electron chi connectivity index (χ4n) is 7.39. The van der Waals surface area contributed by atoms with Crippen LogP contribution in [0, 0.1) is 18.8 Å². The second-order valence-electron chi connectivity index (χ2n) is 16.1. The first-order chi connectivity index (χ1) is 27.7. The second kappa shape index (κ2) is 18.3. The van der Waals surface area contributed by atoms with Crippen molar-refractivity contribution in [2.45, 2.75) is 83.9 Å². The number of rotatable bonds is 12. The summed E-state index contributed by atoms with van der Waals surface area (Å²) in [5, 5.41) is 35.0. The number of aryl methyl sites for hydroxylation is 1. The first kappa shape index (κ1) is 41.3. The monoisotopic (exact) mass is 793 g/mol. The van der Waals surface area contributed by atoms with E-state index in [-0.39, 0.29) is 48.6 Å². The van der Waals surface area contributed by atoms with Gasteiger partial charge in [-0.2, -0.15) is 5.21 Å². The van der Waals surface area contributed by atoms with Gasteiger partial charge in [-0.25, -0.2) is 9.59 Å². The van der Waals surface area contributed by atoms with E-state index in [0.29, 0.717) is 49.4 Å². The van der Waals surface area contributed by atoms with E-state index in [0.717, 1.165) is 40.7 Å². The van der Waals surface area contributed by atoms with Crippen molar-refractivity contribution in [2.75, 3.05) is 25.0 Å². The van der Waals surface area contributed by atoms with Crippen molar-refractivity contribution in [3.05, 3.63) is 83.4 Å². The Bertz CT molecular complexity index is 2080. The summed E-state index contributed by atoms with van der Waals surface area (Å²) >= 11 is 0. The first-order valence-electron chi connectivity index (χ1n) is 19.6. The quantitative estimate of drug-likeness (QED) is 0.108. The van der Waals surface area contributed by atoms with Crippen molar-refractivity contribution >= 4 is 35.6 Å². The molecule has 0 unspecified atom stereocenters. The molecule has 1 aliphatic heterocycles. The van der Waals surface area contributed by atoms with Crippen LogP contribution in [0.2, 0.25) is 0 Å². The van der Waals surface area contributed by atoms with E-state index >= 15 is 0 Å². The predicted molar refractivity (Wildman–Crippen MR) is 216 cm³/mol. The number of carboxylic acid groups (broad SMARTS) is 1. The predicted octanol–water partition coefficient (Wildman–Crippen LogP) is 5.32. The Labute approximate surface area is 336 Å². The van der Waals surface area contributed by atoms with Crippen LogP contribution in [0.3, 0.4) is 0 Å². The number of amides is 5. The molecule has 6 N–H and O–H groups in total. The van der Waals surface area contributed by atoms with Gasteiger partial charge in [0.25, 0.3) is 5.91 Å². The Balaban J connectivity index is 1.10. The van der Waals surface area contributed by atoms with Gasteiger partial charge in [-0.3, -0.25) is 14.4 Å². The minimum absolute atomic E-state index is 0.185. The largest absolute Gasteiger partial charge is 0.465 e. The van der Waals surface area contributed by atoms with Gasteiger partial charge in [0.2, 0.25) is 17.6 Å². The maximum Gasteiger partial charge on any atom is 0.407 e. The summed E-state index contributed by atoms with van der Waals surface area (Å²) in [6.45, 7) is 8.51.